The Balaban J connectivity index is 1.58. The Kier molecular flexibility index (Phi) is 4.51. The maximum atomic E-state index is 13.1. The lowest BCUT2D eigenvalue weighted by Gasteiger charge is -2.45. The van der Waals surface area contributed by atoms with Gasteiger partial charge in [-0.15, -0.1) is 0 Å². The van der Waals surface area contributed by atoms with Crippen molar-refractivity contribution in [3.8, 4) is 0 Å². The van der Waals surface area contributed by atoms with E-state index in [-0.39, 0.29) is 23.9 Å². The van der Waals surface area contributed by atoms with Crippen LogP contribution in [0.25, 0.3) is 0 Å². The van der Waals surface area contributed by atoms with Crippen molar-refractivity contribution in [2.24, 2.45) is 0 Å². The van der Waals surface area contributed by atoms with Gasteiger partial charge in [0.25, 0.3) is 5.91 Å². The zero-order valence-electron chi connectivity index (χ0n) is 14.8. The van der Waals surface area contributed by atoms with Crippen LogP contribution in [0.2, 0.25) is 0 Å². The van der Waals surface area contributed by atoms with E-state index in [9.17, 15) is 17.6 Å². The van der Waals surface area contributed by atoms with Crippen LogP contribution in [0, 0.1) is 5.82 Å². The topological polar surface area (TPSA) is 75.5 Å². The van der Waals surface area contributed by atoms with E-state index in [4.69, 9.17) is 0 Å². The van der Waals surface area contributed by atoms with Gasteiger partial charge >= 0.3 is 0 Å². The number of benzene rings is 1. The summed E-state index contributed by atoms with van der Waals surface area (Å²) in [6.07, 6.45) is 5.09. The van der Waals surface area contributed by atoms with E-state index in [1.807, 2.05) is 4.90 Å². The number of hydrogen-bond acceptors (Lipinski definition) is 4. The van der Waals surface area contributed by atoms with Gasteiger partial charge in [-0.25, -0.2) is 12.8 Å². The van der Waals surface area contributed by atoms with E-state index in [0.29, 0.717) is 12.8 Å². The van der Waals surface area contributed by atoms with Crippen LogP contribution in [-0.4, -0.2) is 59.5 Å². The van der Waals surface area contributed by atoms with Gasteiger partial charge in [-0.1, -0.05) is 0 Å². The van der Waals surface area contributed by atoms with E-state index in [2.05, 4.69) is 5.10 Å². The summed E-state index contributed by atoms with van der Waals surface area (Å²) in [4.78, 5) is 15.0. The van der Waals surface area contributed by atoms with E-state index in [0.717, 1.165) is 31.6 Å². The average molecular weight is 392 g/mol. The molecule has 0 spiro atoms. The fraction of sp³-hybridized carbons (Fsp3) is 0.444. The minimum atomic E-state index is -3.72. The summed E-state index contributed by atoms with van der Waals surface area (Å²) >= 11 is 0. The Labute approximate surface area is 157 Å². The standard InChI is InChI=1S/C18H21FN4O3S/c19-15-3-5-16(6-4-15)27(25,26)22-13-7-18(8-14-22,23-12-1-9-20-23)17(24)21-10-2-11-21/h1,3-6,9,12H,2,7-8,10-11,13-14H2. The van der Waals surface area contributed by atoms with Crippen LogP contribution in [0.15, 0.2) is 47.6 Å². The quantitative estimate of drug-likeness (QED) is 0.789. The van der Waals surface area contributed by atoms with Crippen molar-refractivity contribution in [2.75, 3.05) is 26.2 Å². The third kappa shape index (κ3) is 3.04. The molecular formula is C18H21FN4O3S. The van der Waals surface area contributed by atoms with E-state index in [1.165, 1.54) is 16.4 Å². The van der Waals surface area contributed by atoms with Crippen molar-refractivity contribution >= 4 is 15.9 Å². The van der Waals surface area contributed by atoms with Crippen LogP contribution in [0.4, 0.5) is 4.39 Å². The molecule has 9 heteroatoms. The second-order valence-electron chi connectivity index (χ2n) is 6.99. The number of rotatable bonds is 4. The summed E-state index contributed by atoms with van der Waals surface area (Å²) in [7, 11) is -3.72. The SMILES string of the molecule is O=C(N1CCC1)C1(n2cccn2)CCN(S(=O)(=O)c2ccc(F)cc2)CC1. The summed E-state index contributed by atoms with van der Waals surface area (Å²) < 4.78 is 41.9. The van der Waals surface area contributed by atoms with Crippen molar-refractivity contribution in [1.29, 1.82) is 0 Å². The second kappa shape index (κ2) is 6.72. The summed E-state index contributed by atoms with van der Waals surface area (Å²) in [6, 6.07) is 6.58. The van der Waals surface area contributed by atoms with Gasteiger partial charge in [-0.05, 0) is 49.6 Å². The number of carbonyl (C=O) groups excluding carboxylic acids is 1. The first-order chi connectivity index (χ1) is 12.9. The lowest BCUT2D eigenvalue weighted by atomic mass is 9.86. The maximum Gasteiger partial charge on any atom is 0.250 e. The first-order valence-electron chi connectivity index (χ1n) is 8.99. The van der Waals surface area contributed by atoms with Gasteiger partial charge in [0.05, 0.1) is 4.90 Å². The molecule has 0 saturated carbocycles. The molecule has 0 bridgehead atoms. The monoisotopic (exact) mass is 392 g/mol. The summed E-state index contributed by atoms with van der Waals surface area (Å²) in [6.45, 7) is 1.89. The van der Waals surface area contributed by atoms with Crippen LogP contribution in [-0.2, 0) is 20.4 Å². The zero-order chi connectivity index (χ0) is 19.1. The zero-order valence-corrected chi connectivity index (χ0v) is 15.6. The number of sulfonamides is 1. The molecule has 0 N–H and O–H groups in total. The molecule has 1 aromatic heterocycles. The molecule has 2 fully saturated rings. The van der Waals surface area contributed by atoms with Gasteiger partial charge in [-0.3, -0.25) is 9.48 Å². The first-order valence-corrected chi connectivity index (χ1v) is 10.4. The highest BCUT2D eigenvalue weighted by Gasteiger charge is 2.48. The minimum absolute atomic E-state index is 0.0104. The van der Waals surface area contributed by atoms with Gasteiger partial charge < -0.3 is 4.90 Å². The van der Waals surface area contributed by atoms with Gasteiger partial charge in [0.2, 0.25) is 10.0 Å². The fourth-order valence-corrected chi connectivity index (χ4v) is 5.17. The maximum absolute atomic E-state index is 13.1. The molecule has 2 aliphatic rings. The minimum Gasteiger partial charge on any atom is -0.340 e. The predicted molar refractivity (Wildman–Crippen MR) is 95.8 cm³/mol. The van der Waals surface area contributed by atoms with Crippen molar-refractivity contribution in [1.82, 2.24) is 19.0 Å². The number of aromatic nitrogens is 2. The third-order valence-electron chi connectivity index (χ3n) is 5.49. The third-order valence-corrected chi connectivity index (χ3v) is 7.40. The van der Waals surface area contributed by atoms with Gasteiger partial charge in [0, 0.05) is 38.6 Å². The number of piperidine rings is 1. The van der Waals surface area contributed by atoms with Crippen molar-refractivity contribution < 1.29 is 17.6 Å². The Hall–Kier alpha value is -2.26. The molecule has 0 aliphatic carbocycles. The highest BCUT2D eigenvalue weighted by molar-refractivity contribution is 7.89. The first kappa shape index (κ1) is 18.1. The number of halogens is 1. The van der Waals surface area contributed by atoms with Crippen LogP contribution < -0.4 is 0 Å². The predicted octanol–water partition coefficient (Wildman–Crippen LogP) is 1.43. The Morgan fingerprint density at radius 1 is 1.07 bits per heavy atom. The van der Waals surface area contributed by atoms with Crippen molar-refractivity contribution in [3.63, 3.8) is 0 Å². The summed E-state index contributed by atoms with van der Waals surface area (Å²) in [5.74, 6) is -0.471. The Bertz CT molecular complexity index is 916. The van der Waals surface area contributed by atoms with Gasteiger partial charge in [0.15, 0.2) is 0 Å². The lowest BCUT2D eigenvalue weighted by molar-refractivity contribution is -0.147. The van der Waals surface area contributed by atoms with E-state index >= 15 is 0 Å². The lowest BCUT2D eigenvalue weighted by Crippen LogP contribution is -2.59. The largest absolute Gasteiger partial charge is 0.340 e. The molecule has 144 valence electrons. The van der Waals surface area contributed by atoms with Crippen molar-refractivity contribution in [2.45, 2.75) is 29.7 Å². The summed E-state index contributed by atoms with van der Waals surface area (Å²) in [5, 5.41) is 4.29. The second-order valence-corrected chi connectivity index (χ2v) is 8.92. The smallest absolute Gasteiger partial charge is 0.250 e. The molecule has 7 nitrogen and oxygen atoms in total. The van der Waals surface area contributed by atoms with Crippen LogP contribution in [0.5, 0.6) is 0 Å². The normalized spacial score (nSPS) is 20.3. The Morgan fingerprint density at radius 2 is 1.74 bits per heavy atom. The number of hydrogen-bond donors (Lipinski definition) is 0. The molecule has 1 aromatic carbocycles. The van der Waals surface area contributed by atoms with Crippen molar-refractivity contribution in [3.05, 3.63) is 48.5 Å². The molecule has 1 amide bonds. The number of likely N-dealkylation sites (tertiary alicyclic amines) is 1. The fourth-order valence-electron chi connectivity index (χ4n) is 3.73. The summed E-state index contributed by atoms with van der Waals surface area (Å²) in [5.41, 5.74) is -0.848. The van der Waals surface area contributed by atoms with Crippen LogP contribution in [0.1, 0.15) is 19.3 Å². The average Bonchev–Trinajstić information content (AvgIpc) is 3.16. The molecule has 27 heavy (non-hydrogen) atoms. The molecule has 2 saturated heterocycles. The van der Waals surface area contributed by atoms with Gasteiger partial charge in [-0.2, -0.15) is 9.40 Å². The van der Waals surface area contributed by atoms with Crippen LogP contribution in [0.3, 0.4) is 0 Å². The van der Waals surface area contributed by atoms with E-state index < -0.39 is 21.4 Å². The van der Waals surface area contributed by atoms with E-state index in [1.54, 1.807) is 23.1 Å². The number of nitrogens with zero attached hydrogens (tertiary/aromatic N) is 4. The number of carbonyl (C=O) groups is 1. The molecular weight excluding hydrogens is 371 g/mol. The number of amides is 1. The molecule has 4 rings (SSSR count). The molecule has 2 aromatic rings. The molecule has 0 atom stereocenters. The highest BCUT2D eigenvalue weighted by Crippen LogP contribution is 2.35. The van der Waals surface area contributed by atoms with Crippen LogP contribution >= 0.6 is 0 Å². The highest BCUT2D eigenvalue weighted by atomic mass is 32.2. The van der Waals surface area contributed by atoms with Gasteiger partial charge in [0.1, 0.15) is 11.4 Å². The molecule has 2 aliphatic heterocycles. The Morgan fingerprint density at radius 3 is 2.26 bits per heavy atom. The molecule has 3 heterocycles. The molecule has 0 radical (unpaired) electrons. The molecule has 0 unspecified atom stereocenters.